The standard InChI is InChI=1S/C19H25N3O3S/c1-12-16(13(2)25-20-12)9-21-7-5-15-17(11-26-18(15)10-21)19(24)22-6-3-4-14(23)8-22/h11,14,23H,3-10H2,1-2H3/t14-/m1/s1. The Hall–Kier alpha value is -1.70. The molecule has 7 heteroatoms. The monoisotopic (exact) mass is 375 g/mol. The number of aliphatic hydroxyl groups excluding tert-OH is 1. The van der Waals surface area contributed by atoms with Crippen LogP contribution in [0.4, 0.5) is 0 Å². The lowest BCUT2D eigenvalue weighted by Crippen LogP contribution is -2.42. The molecule has 26 heavy (non-hydrogen) atoms. The number of nitrogens with zero attached hydrogens (tertiary/aromatic N) is 3. The lowest BCUT2D eigenvalue weighted by atomic mass is 10.0. The predicted molar refractivity (Wildman–Crippen MR) is 99.3 cm³/mol. The van der Waals surface area contributed by atoms with E-state index in [1.54, 1.807) is 11.3 Å². The number of thiophene rings is 1. The Balaban J connectivity index is 1.47. The fourth-order valence-electron chi connectivity index (χ4n) is 3.96. The van der Waals surface area contributed by atoms with E-state index in [2.05, 4.69) is 10.1 Å². The van der Waals surface area contributed by atoms with Gasteiger partial charge in [-0.3, -0.25) is 9.69 Å². The summed E-state index contributed by atoms with van der Waals surface area (Å²) >= 11 is 1.68. The van der Waals surface area contributed by atoms with Gasteiger partial charge in [-0.25, -0.2) is 0 Å². The maximum atomic E-state index is 12.9. The summed E-state index contributed by atoms with van der Waals surface area (Å²) in [6.07, 6.45) is 2.18. The fourth-order valence-corrected chi connectivity index (χ4v) is 5.07. The minimum atomic E-state index is -0.382. The van der Waals surface area contributed by atoms with Gasteiger partial charge in [-0.15, -0.1) is 11.3 Å². The van der Waals surface area contributed by atoms with Gasteiger partial charge in [0.25, 0.3) is 5.91 Å². The summed E-state index contributed by atoms with van der Waals surface area (Å²) in [5.74, 6) is 0.972. The number of likely N-dealkylation sites (tertiary alicyclic amines) is 1. The predicted octanol–water partition coefficient (Wildman–Crippen LogP) is 2.51. The molecule has 4 heterocycles. The maximum absolute atomic E-state index is 12.9. The molecule has 0 bridgehead atoms. The molecule has 0 spiro atoms. The van der Waals surface area contributed by atoms with E-state index in [9.17, 15) is 9.90 Å². The van der Waals surface area contributed by atoms with Crippen molar-refractivity contribution >= 4 is 17.2 Å². The summed E-state index contributed by atoms with van der Waals surface area (Å²) in [4.78, 5) is 18.4. The quantitative estimate of drug-likeness (QED) is 0.893. The van der Waals surface area contributed by atoms with Gasteiger partial charge >= 0.3 is 0 Å². The van der Waals surface area contributed by atoms with E-state index in [4.69, 9.17) is 4.52 Å². The average Bonchev–Trinajstić information content (AvgIpc) is 3.19. The number of aromatic nitrogens is 1. The van der Waals surface area contributed by atoms with Crippen molar-refractivity contribution in [2.24, 2.45) is 0 Å². The van der Waals surface area contributed by atoms with Crippen LogP contribution in [0.15, 0.2) is 9.90 Å². The van der Waals surface area contributed by atoms with Crippen LogP contribution in [0.2, 0.25) is 0 Å². The van der Waals surface area contributed by atoms with Crippen molar-refractivity contribution in [2.75, 3.05) is 19.6 Å². The zero-order chi connectivity index (χ0) is 18.3. The average molecular weight is 375 g/mol. The summed E-state index contributed by atoms with van der Waals surface area (Å²) in [5.41, 5.74) is 4.17. The molecule has 1 atom stereocenters. The lowest BCUT2D eigenvalue weighted by Gasteiger charge is -2.31. The molecule has 4 rings (SSSR count). The topological polar surface area (TPSA) is 69.8 Å². The number of carbonyl (C=O) groups is 1. The first-order valence-corrected chi connectivity index (χ1v) is 10.1. The molecule has 1 fully saturated rings. The molecule has 140 valence electrons. The summed E-state index contributed by atoms with van der Waals surface area (Å²) in [6.45, 7) is 7.77. The molecule has 0 unspecified atom stereocenters. The van der Waals surface area contributed by atoms with Gasteiger partial charge in [0, 0.05) is 48.5 Å². The Bertz CT molecular complexity index is 794. The van der Waals surface area contributed by atoms with Gasteiger partial charge in [0.1, 0.15) is 5.76 Å². The minimum absolute atomic E-state index is 0.0837. The van der Waals surface area contributed by atoms with Gasteiger partial charge in [0.05, 0.1) is 17.4 Å². The van der Waals surface area contributed by atoms with Crippen molar-refractivity contribution in [2.45, 2.75) is 52.3 Å². The summed E-state index contributed by atoms with van der Waals surface area (Å²) < 4.78 is 5.27. The molecule has 0 aromatic carbocycles. The molecular weight excluding hydrogens is 350 g/mol. The summed E-state index contributed by atoms with van der Waals surface area (Å²) in [6, 6.07) is 0. The molecule has 1 N–H and O–H groups in total. The number of fused-ring (bicyclic) bond motifs is 1. The highest BCUT2D eigenvalue weighted by molar-refractivity contribution is 7.10. The number of hydrogen-bond acceptors (Lipinski definition) is 6. The lowest BCUT2D eigenvalue weighted by molar-refractivity contribution is 0.0472. The van der Waals surface area contributed by atoms with Crippen LogP contribution in [-0.2, 0) is 19.5 Å². The molecule has 0 aliphatic carbocycles. The first-order valence-electron chi connectivity index (χ1n) is 9.23. The molecular formula is C19H25N3O3S. The van der Waals surface area contributed by atoms with Gasteiger partial charge in [-0.2, -0.15) is 0 Å². The molecule has 1 amide bonds. The SMILES string of the molecule is Cc1noc(C)c1CN1CCc2c(C(=O)N3CCC[C@@H](O)C3)csc2C1. The Kier molecular flexibility index (Phi) is 4.86. The van der Waals surface area contributed by atoms with E-state index in [0.717, 1.165) is 62.5 Å². The summed E-state index contributed by atoms with van der Waals surface area (Å²) in [5, 5.41) is 15.9. The third kappa shape index (κ3) is 3.31. The van der Waals surface area contributed by atoms with Crippen LogP contribution in [0.25, 0.3) is 0 Å². The van der Waals surface area contributed by atoms with Crippen molar-refractivity contribution < 1.29 is 14.4 Å². The van der Waals surface area contributed by atoms with Gasteiger partial charge < -0.3 is 14.5 Å². The second-order valence-corrected chi connectivity index (χ2v) is 8.33. The molecule has 2 aliphatic rings. The van der Waals surface area contributed by atoms with Crippen molar-refractivity contribution in [3.63, 3.8) is 0 Å². The highest BCUT2D eigenvalue weighted by atomic mass is 32.1. The number of hydrogen-bond donors (Lipinski definition) is 1. The van der Waals surface area contributed by atoms with Crippen LogP contribution in [0.3, 0.4) is 0 Å². The van der Waals surface area contributed by atoms with Crippen molar-refractivity contribution in [3.05, 3.63) is 38.4 Å². The Labute approximate surface area is 157 Å². The first kappa shape index (κ1) is 17.7. The first-order chi connectivity index (χ1) is 12.5. The maximum Gasteiger partial charge on any atom is 0.255 e. The van der Waals surface area contributed by atoms with Crippen LogP contribution in [0.5, 0.6) is 0 Å². The number of amides is 1. The Morgan fingerprint density at radius 2 is 2.27 bits per heavy atom. The van der Waals surface area contributed by atoms with E-state index in [-0.39, 0.29) is 12.0 Å². The Morgan fingerprint density at radius 3 is 3.00 bits per heavy atom. The number of piperidine rings is 1. The molecule has 1 saturated heterocycles. The number of aliphatic hydroxyl groups is 1. The molecule has 0 saturated carbocycles. The van der Waals surface area contributed by atoms with Crippen molar-refractivity contribution in [1.82, 2.24) is 15.0 Å². The fraction of sp³-hybridized carbons (Fsp3) is 0.579. The second-order valence-electron chi connectivity index (χ2n) is 7.36. The third-order valence-electron chi connectivity index (χ3n) is 5.50. The molecule has 2 aromatic heterocycles. The van der Waals surface area contributed by atoms with Gasteiger partial charge in [0.15, 0.2) is 0 Å². The zero-order valence-electron chi connectivity index (χ0n) is 15.3. The van der Waals surface area contributed by atoms with Crippen LogP contribution in [0, 0.1) is 13.8 Å². The number of aryl methyl sites for hydroxylation is 2. The highest BCUT2D eigenvalue weighted by Crippen LogP contribution is 2.31. The third-order valence-corrected chi connectivity index (χ3v) is 6.52. The van der Waals surface area contributed by atoms with E-state index in [0.29, 0.717) is 6.54 Å². The number of β-amino-alcohol motifs (C(OH)–C–C–N with tert-alkyl or cyclic N) is 1. The normalized spacial score (nSPS) is 21.0. The van der Waals surface area contributed by atoms with Crippen LogP contribution < -0.4 is 0 Å². The molecule has 2 aromatic rings. The molecule has 6 nitrogen and oxygen atoms in total. The minimum Gasteiger partial charge on any atom is -0.391 e. The van der Waals surface area contributed by atoms with Crippen LogP contribution in [0.1, 0.15) is 50.7 Å². The molecule has 2 aliphatic heterocycles. The van der Waals surface area contributed by atoms with E-state index in [1.807, 2.05) is 24.1 Å². The number of rotatable bonds is 3. The Morgan fingerprint density at radius 1 is 1.42 bits per heavy atom. The zero-order valence-corrected chi connectivity index (χ0v) is 16.1. The van der Waals surface area contributed by atoms with Crippen molar-refractivity contribution in [1.29, 1.82) is 0 Å². The number of carbonyl (C=O) groups excluding carboxylic acids is 1. The molecule has 0 radical (unpaired) electrons. The second kappa shape index (κ2) is 7.13. The van der Waals surface area contributed by atoms with Gasteiger partial charge in [-0.1, -0.05) is 5.16 Å². The van der Waals surface area contributed by atoms with Crippen molar-refractivity contribution in [3.8, 4) is 0 Å². The largest absolute Gasteiger partial charge is 0.391 e. The van der Waals surface area contributed by atoms with Crippen LogP contribution >= 0.6 is 11.3 Å². The van der Waals surface area contributed by atoms with Gasteiger partial charge in [0.2, 0.25) is 0 Å². The van der Waals surface area contributed by atoms with E-state index in [1.165, 1.54) is 16.0 Å². The van der Waals surface area contributed by atoms with E-state index < -0.39 is 0 Å². The van der Waals surface area contributed by atoms with E-state index >= 15 is 0 Å². The van der Waals surface area contributed by atoms with Crippen LogP contribution in [-0.4, -0.2) is 51.7 Å². The van der Waals surface area contributed by atoms with Gasteiger partial charge in [-0.05, 0) is 38.7 Å². The highest BCUT2D eigenvalue weighted by Gasteiger charge is 2.29. The smallest absolute Gasteiger partial charge is 0.255 e. The summed E-state index contributed by atoms with van der Waals surface area (Å²) in [7, 11) is 0.